The van der Waals surface area contributed by atoms with Crippen molar-refractivity contribution in [2.24, 2.45) is 0 Å². The van der Waals surface area contributed by atoms with Crippen LogP contribution >= 0.6 is 15.9 Å². The smallest absolute Gasteiger partial charge is 0.342 e. The largest absolute Gasteiger partial charge is 0.459 e. The topological polar surface area (TPSA) is 71.2 Å². The number of H-pyrrole nitrogens is 1. The first-order valence-electron chi connectivity index (χ1n) is 6.80. The van der Waals surface area contributed by atoms with Crippen LogP contribution in [-0.2, 0) is 4.74 Å². The molecule has 1 aromatic carbocycles. The molecule has 1 fully saturated rings. The third kappa shape index (κ3) is 3.42. The summed E-state index contributed by atoms with van der Waals surface area (Å²) < 4.78 is 33.6. The van der Waals surface area contributed by atoms with E-state index in [-0.39, 0.29) is 17.4 Å². The van der Waals surface area contributed by atoms with Crippen molar-refractivity contribution in [3.63, 3.8) is 0 Å². The molecule has 0 aliphatic heterocycles. The predicted octanol–water partition coefficient (Wildman–Crippen LogP) is 3.48. The molecular weight excluding hydrogens is 374 g/mol. The van der Waals surface area contributed by atoms with Crippen LogP contribution in [0.4, 0.5) is 20.2 Å². The normalized spacial score (nSPS) is 13.7. The Morgan fingerprint density at radius 3 is 2.74 bits per heavy atom. The first-order valence-corrected chi connectivity index (χ1v) is 7.59. The fourth-order valence-corrected chi connectivity index (χ4v) is 2.25. The van der Waals surface area contributed by atoms with Crippen molar-refractivity contribution < 1.29 is 18.3 Å². The number of carbonyl (C=O) groups excluding carboxylic acids is 1. The van der Waals surface area contributed by atoms with E-state index in [0.29, 0.717) is 4.47 Å². The van der Waals surface area contributed by atoms with E-state index in [9.17, 15) is 18.4 Å². The average Bonchev–Trinajstić information content (AvgIpc) is 3.30. The Labute approximate surface area is 137 Å². The lowest BCUT2D eigenvalue weighted by Crippen LogP contribution is -2.19. The maximum absolute atomic E-state index is 14.1. The van der Waals surface area contributed by atoms with Crippen LogP contribution in [0.3, 0.4) is 0 Å². The molecule has 0 unspecified atom stereocenters. The summed E-state index contributed by atoms with van der Waals surface area (Å²) in [5, 5.41) is 2.46. The van der Waals surface area contributed by atoms with Gasteiger partial charge in [0, 0.05) is 10.7 Å². The van der Waals surface area contributed by atoms with Gasteiger partial charge in [-0.25, -0.2) is 9.18 Å². The first kappa shape index (κ1) is 15.7. The number of hydrogen-bond donors (Lipinski definition) is 2. The Bertz CT molecular complexity index is 834. The number of aromatic nitrogens is 1. The fraction of sp³-hybridized carbons (Fsp3) is 0.200. The summed E-state index contributed by atoms with van der Waals surface area (Å²) in [7, 11) is 0. The lowest BCUT2D eigenvalue weighted by Gasteiger charge is -2.13. The monoisotopic (exact) mass is 384 g/mol. The van der Waals surface area contributed by atoms with Crippen LogP contribution < -0.4 is 10.9 Å². The highest BCUT2D eigenvalue weighted by Gasteiger charge is 2.29. The Morgan fingerprint density at radius 2 is 2.09 bits per heavy atom. The van der Waals surface area contributed by atoms with Crippen molar-refractivity contribution in [3.05, 3.63) is 56.4 Å². The highest BCUT2D eigenvalue weighted by molar-refractivity contribution is 9.10. The summed E-state index contributed by atoms with van der Waals surface area (Å²) in [5.74, 6) is -2.65. The van der Waals surface area contributed by atoms with Crippen LogP contribution in [-0.4, -0.2) is 17.1 Å². The zero-order valence-corrected chi connectivity index (χ0v) is 13.2. The molecule has 0 radical (unpaired) electrons. The molecule has 1 aliphatic carbocycles. The Kier molecular flexibility index (Phi) is 4.16. The van der Waals surface area contributed by atoms with Gasteiger partial charge in [-0.15, -0.1) is 0 Å². The molecule has 8 heteroatoms. The molecule has 2 aromatic rings. The zero-order chi connectivity index (χ0) is 16.6. The number of esters is 1. The van der Waals surface area contributed by atoms with Crippen LogP contribution in [0.1, 0.15) is 23.2 Å². The molecule has 23 heavy (non-hydrogen) atoms. The second-order valence-electron chi connectivity index (χ2n) is 5.07. The number of halogens is 3. The summed E-state index contributed by atoms with van der Waals surface area (Å²) in [4.78, 5) is 25.6. The number of nitrogens with one attached hydrogen (secondary N) is 2. The van der Waals surface area contributed by atoms with E-state index in [1.54, 1.807) is 6.07 Å². The number of carbonyl (C=O) groups is 1. The molecule has 1 saturated carbocycles. The summed E-state index contributed by atoms with van der Waals surface area (Å²) in [5.41, 5.74) is -1.71. The van der Waals surface area contributed by atoms with Gasteiger partial charge in [-0.1, -0.05) is 15.9 Å². The molecule has 1 heterocycles. The highest BCUT2D eigenvalue weighted by atomic mass is 79.9. The number of benzene rings is 1. The van der Waals surface area contributed by atoms with E-state index in [0.717, 1.165) is 19.0 Å². The quantitative estimate of drug-likeness (QED) is 0.791. The molecule has 5 nitrogen and oxygen atoms in total. The third-order valence-electron chi connectivity index (χ3n) is 3.24. The maximum Gasteiger partial charge on any atom is 0.342 e. The first-order chi connectivity index (χ1) is 11.0. The zero-order valence-electron chi connectivity index (χ0n) is 11.7. The van der Waals surface area contributed by atoms with Crippen LogP contribution in [0.2, 0.25) is 0 Å². The molecule has 1 aliphatic rings. The molecular formula is C15H11BrF2N2O3. The minimum Gasteiger partial charge on any atom is -0.459 e. The number of rotatable bonds is 4. The van der Waals surface area contributed by atoms with Gasteiger partial charge in [-0.2, -0.15) is 4.39 Å². The molecule has 120 valence electrons. The lowest BCUT2D eigenvalue weighted by atomic mass is 10.2. The van der Waals surface area contributed by atoms with Gasteiger partial charge in [0.2, 0.25) is 5.82 Å². The second kappa shape index (κ2) is 6.11. The van der Waals surface area contributed by atoms with Crippen LogP contribution in [0.15, 0.2) is 33.7 Å². The van der Waals surface area contributed by atoms with E-state index in [1.165, 1.54) is 12.1 Å². The van der Waals surface area contributed by atoms with E-state index >= 15 is 0 Å². The summed E-state index contributed by atoms with van der Waals surface area (Å²) in [6.45, 7) is 0. The number of pyridine rings is 1. The van der Waals surface area contributed by atoms with Gasteiger partial charge in [0.25, 0.3) is 5.56 Å². The lowest BCUT2D eigenvalue weighted by molar-refractivity contribution is 0.0472. The summed E-state index contributed by atoms with van der Waals surface area (Å²) in [6.07, 6.45) is 2.37. The number of aromatic amines is 1. The van der Waals surface area contributed by atoms with Crippen LogP contribution in [0.25, 0.3) is 0 Å². The van der Waals surface area contributed by atoms with E-state index in [2.05, 4.69) is 26.2 Å². The fourth-order valence-electron chi connectivity index (χ4n) is 1.91. The predicted molar refractivity (Wildman–Crippen MR) is 82.8 cm³/mol. The van der Waals surface area contributed by atoms with Crippen molar-refractivity contribution in [1.82, 2.24) is 4.98 Å². The van der Waals surface area contributed by atoms with Gasteiger partial charge in [-0.3, -0.25) is 4.79 Å². The van der Waals surface area contributed by atoms with E-state index in [1.807, 2.05) is 0 Å². The van der Waals surface area contributed by atoms with Gasteiger partial charge >= 0.3 is 5.97 Å². The van der Waals surface area contributed by atoms with Gasteiger partial charge in [0.1, 0.15) is 17.5 Å². The van der Waals surface area contributed by atoms with E-state index in [4.69, 9.17) is 4.74 Å². The molecule has 0 saturated heterocycles. The Morgan fingerprint density at radius 1 is 1.35 bits per heavy atom. The van der Waals surface area contributed by atoms with Gasteiger partial charge in [0.05, 0.1) is 11.4 Å². The van der Waals surface area contributed by atoms with Gasteiger partial charge in [-0.05, 0) is 31.0 Å². The van der Waals surface area contributed by atoms with Crippen molar-refractivity contribution in [2.45, 2.75) is 18.9 Å². The minimum absolute atomic E-state index is 0.0711. The maximum atomic E-state index is 14.1. The Hall–Kier alpha value is -2.22. The third-order valence-corrected chi connectivity index (χ3v) is 3.74. The molecule has 1 aromatic heterocycles. The van der Waals surface area contributed by atoms with E-state index < -0.39 is 28.9 Å². The van der Waals surface area contributed by atoms with Crippen molar-refractivity contribution in [2.75, 3.05) is 5.32 Å². The van der Waals surface area contributed by atoms with Crippen molar-refractivity contribution in [1.29, 1.82) is 0 Å². The Balaban J connectivity index is 2.00. The highest BCUT2D eigenvalue weighted by Crippen LogP contribution is 2.29. The number of anilines is 2. The molecule has 0 spiro atoms. The SMILES string of the molecule is O=C(OC1CC1)c1c[nH]c(=O)c(F)c1Nc1ccc(Br)cc1F. The summed E-state index contributed by atoms with van der Waals surface area (Å²) in [6, 6.07) is 4.07. The van der Waals surface area contributed by atoms with Gasteiger partial charge < -0.3 is 15.0 Å². The second-order valence-corrected chi connectivity index (χ2v) is 5.99. The van der Waals surface area contributed by atoms with Crippen molar-refractivity contribution in [3.8, 4) is 0 Å². The standard InChI is InChI=1S/C15H11BrF2N2O3/c16-7-1-4-11(10(17)5-7)20-13-9(6-19-14(21)12(13)18)15(22)23-8-2-3-8/h1,4-6,8H,2-3H2,(H2,19,20,21). The molecule has 0 amide bonds. The average molecular weight is 385 g/mol. The molecule has 2 N–H and O–H groups in total. The van der Waals surface area contributed by atoms with Crippen LogP contribution in [0.5, 0.6) is 0 Å². The van der Waals surface area contributed by atoms with Gasteiger partial charge in [0.15, 0.2) is 0 Å². The molecule has 0 atom stereocenters. The minimum atomic E-state index is -1.21. The van der Waals surface area contributed by atoms with Crippen LogP contribution in [0, 0.1) is 11.6 Å². The number of hydrogen-bond acceptors (Lipinski definition) is 4. The summed E-state index contributed by atoms with van der Waals surface area (Å²) >= 11 is 3.11. The number of ether oxygens (including phenoxy) is 1. The molecule has 0 bridgehead atoms. The molecule has 3 rings (SSSR count). The van der Waals surface area contributed by atoms with Crippen molar-refractivity contribution >= 4 is 33.3 Å².